The number of nitrogens with one attached hydrogen (secondary N) is 1. The number of aliphatic hydroxyl groups is 1. The van der Waals surface area contributed by atoms with Gasteiger partial charge in [-0.05, 0) is 44.2 Å². The molecule has 8 nitrogen and oxygen atoms in total. The van der Waals surface area contributed by atoms with E-state index in [1.165, 1.54) is 16.4 Å². The fourth-order valence-electron chi connectivity index (χ4n) is 3.25. The largest absolute Gasteiger partial charge is 0.388 e. The molecule has 138 valence electrons. The third-order valence-electron chi connectivity index (χ3n) is 5.01. The molecule has 25 heavy (non-hydrogen) atoms. The fourth-order valence-corrected chi connectivity index (χ4v) is 4.79. The predicted molar refractivity (Wildman–Crippen MR) is 93.0 cm³/mol. The Morgan fingerprint density at radius 3 is 2.44 bits per heavy atom. The van der Waals surface area contributed by atoms with Gasteiger partial charge in [-0.2, -0.15) is 4.31 Å². The maximum Gasteiger partial charge on any atom is 0.293 e. The molecule has 9 heteroatoms. The molecule has 3 rings (SSSR count). The van der Waals surface area contributed by atoms with Gasteiger partial charge in [0.15, 0.2) is 0 Å². The summed E-state index contributed by atoms with van der Waals surface area (Å²) in [5, 5.41) is 24.4. The lowest BCUT2D eigenvalue weighted by atomic mass is 9.80. The van der Waals surface area contributed by atoms with Crippen molar-refractivity contribution in [1.82, 2.24) is 4.31 Å². The van der Waals surface area contributed by atoms with Gasteiger partial charge in [0, 0.05) is 25.7 Å². The van der Waals surface area contributed by atoms with Crippen molar-refractivity contribution >= 4 is 21.4 Å². The van der Waals surface area contributed by atoms with E-state index in [2.05, 4.69) is 5.32 Å². The van der Waals surface area contributed by atoms with Gasteiger partial charge in [0.2, 0.25) is 10.0 Å². The Kier molecular flexibility index (Phi) is 4.99. The van der Waals surface area contributed by atoms with E-state index in [1.807, 2.05) is 0 Å². The molecule has 1 aromatic rings. The summed E-state index contributed by atoms with van der Waals surface area (Å²) in [5.41, 5.74) is -0.893. The summed E-state index contributed by atoms with van der Waals surface area (Å²) in [7, 11) is -3.72. The van der Waals surface area contributed by atoms with Gasteiger partial charge in [0.25, 0.3) is 5.69 Å². The summed E-state index contributed by atoms with van der Waals surface area (Å²) in [6.45, 7) is 1.11. The molecule has 2 aliphatic rings. The van der Waals surface area contributed by atoms with Crippen LogP contribution in [0.2, 0.25) is 0 Å². The molecule has 1 heterocycles. The summed E-state index contributed by atoms with van der Waals surface area (Å²) < 4.78 is 26.8. The van der Waals surface area contributed by atoms with E-state index in [1.54, 1.807) is 0 Å². The van der Waals surface area contributed by atoms with E-state index in [-0.39, 0.29) is 22.8 Å². The highest BCUT2D eigenvalue weighted by molar-refractivity contribution is 7.89. The number of nitrogens with zero attached hydrogens (tertiary/aromatic N) is 2. The van der Waals surface area contributed by atoms with Crippen molar-refractivity contribution < 1.29 is 18.4 Å². The summed E-state index contributed by atoms with van der Waals surface area (Å²) in [5.74, 6) is 0. The highest BCUT2D eigenvalue weighted by atomic mass is 32.2. The Morgan fingerprint density at radius 2 is 1.88 bits per heavy atom. The first-order chi connectivity index (χ1) is 11.8. The number of benzene rings is 1. The lowest BCUT2D eigenvalue weighted by Crippen LogP contribution is -2.43. The molecule has 0 spiro atoms. The van der Waals surface area contributed by atoms with E-state index in [0.29, 0.717) is 25.9 Å². The van der Waals surface area contributed by atoms with Gasteiger partial charge in [-0.25, -0.2) is 8.42 Å². The topological polar surface area (TPSA) is 113 Å². The van der Waals surface area contributed by atoms with Crippen LogP contribution in [0, 0.1) is 10.1 Å². The van der Waals surface area contributed by atoms with Crippen molar-refractivity contribution in [2.75, 3.05) is 25.0 Å². The van der Waals surface area contributed by atoms with E-state index in [9.17, 15) is 23.6 Å². The van der Waals surface area contributed by atoms with Gasteiger partial charge >= 0.3 is 0 Å². The first kappa shape index (κ1) is 18.1. The molecule has 2 N–H and O–H groups in total. The Morgan fingerprint density at radius 1 is 1.20 bits per heavy atom. The zero-order valence-corrected chi connectivity index (χ0v) is 14.8. The second kappa shape index (κ2) is 6.89. The molecule has 1 aromatic carbocycles. The van der Waals surface area contributed by atoms with Gasteiger partial charge in [-0.1, -0.05) is 6.42 Å². The molecular weight excluding hydrogens is 346 g/mol. The molecule has 2 fully saturated rings. The lowest BCUT2D eigenvalue weighted by Gasteiger charge is -2.36. The number of rotatable bonds is 6. The standard InChI is InChI=1S/C16H23N3O5S/c20-16(7-4-8-16)12-17-14-6-5-13(11-15(14)19(21)22)25(23,24)18-9-2-1-3-10-18/h5-6,11,17,20H,1-4,7-10,12H2. The van der Waals surface area contributed by atoms with Crippen LogP contribution >= 0.6 is 0 Å². The minimum atomic E-state index is -3.72. The highest BCUT2D eigenvalue weighted by Crippen LogP contribution is 2.34. The number of anilines is 1. The Labute approximate surface area is 147 Å². The molecule has 1 saturated heterocycles. The zero-order valence-electron chi connectivity index (χ0n) is 14.0. The number of piperidine rings is 1. The number of nitro groups is 1. The number of nitro benzene ring substituents is 1. The molecule has 0 bridgehead atoms. The van der Waals surface area contributed by atoms with Crippen molar-refractivity contribution in [2.45, 2.75) is 49.0 Å². The van der Waals surface area contributed by atoms with Gasteiger partial charge in [-0.15, -0.1) is 0 Å². The van der Waals surface area contributed by atoms with Crippen LogP contribution in [0.3, 0.4) is 0 Å². The monoisotopic (exact) mass is 369 g/mol. The average molecular weight is 369 g/mol. The van der Waals surface area contributed by atoms with Crippen LogP contribution in [0.15, 0.2) is 23.1 Å². The summed E-state index contributed by atoms with van der Waals surface area (Å²) >= 11 is 0. The quantitative estimate of drug-likeness (QED) is 0.586. The molecule has 1 aliphatic carbocycles. The normalized spacial score (nSPS) is 20.7. The maximum atomic E-state index is 12.7. The molecule has 1 aliphatic heterocycles. The van der Waals surface area contributed by atoms with E-state index in [0.717, 1.165) is 31.7 Å². The molecule has 0 radical (unpaired) electrons. The van der Waals surface area contributed by atoms with Gasteiger partial charge in [0.05, 0.1) is 15.4 Å². The fraction of sp³-hybridized carbons (Fsp3) is 0.625. The van der Waals surface area contributed by atoms with E-state index >= 15 is 0 Å². The molecular formula is C16H23N3O5S. The summed E-state index contributed by atoms with van der Waals surface area (Å²) in [6.07, 6.45) is 4.87. The second-order valence-electron chi connectivity index (χ2n) is 6.83. The van der Waals surface area contributed by atoms with Crippen molar-refractivity contribution in [3.63, 3.8) is 0 Å². The van der Waals surface area contributed by atoms with Crippen molar-refractivity contribution in [3.05, 3.63) is 28.3 Å². The highest BCUT2D eigenvalue weighted by Gasteiger charge is 2.35. The zero-order chi connectivity index (χ0) is 18.1. The van der Waals surface area contributed by atoms with Crippen LogP contribution in [0.5, 0.6) is 0 Å². The van der Waals surface area contributed by atoms with Crippen molar-refractivity contribution in [1.29, 1.82) is 0 Å². The van der Waals surface area contributed by atoms with Crippen molar-refractivity contribution in [2.24, 2.45) is 0 Å². The van der Waals surface area contributed by atoms with Gasteiger partial charge < -0.3 is 10.4 Å². The van der Waals surface area contributed by atoms with E-state index in [4.69, 9.17) is 0 Å². The number of hydrogen-bond acceptors (Lipinski definition) is 6. The molecule has 0 atom stereocenters. The smallest absolute Gasteiger partial charge is 0.293 e. The molecule has 0 aromatic heterocycles. The first-order valence-corrected chi connectivity index (χ1v) is 10.0. The SMILES string of the molecule is O=[N+]([O-])c1cc(S(=O)(=O)N2CCCCC2)ccc1NCC1(O)CCC1. The predicted octanol–water partition coefficient (Wildman–Crippen LogP) is 2.10. The molecule has 0 amide bonds. The minimum absolute atomic E-state index is 0.0611. The third-order valence-corrected chi connectivity index (χ3v) is 6.91. The molecule has 1 saturated carbocycles. The number of hydrogen-bond donors (Lipinski definition) is 2. The first-order valence-electron chi connectivity index (χ1n) is 8.57. The Balaban J connectivity index is 1.84. The van der Waals surface area contributed by atoms with Gasteiger partial charge in [-0.3, -0.25) is 10.1 Å². The van der Waals surface area contributed by atoms with Crippen LogP contribution in [0.25, 0.3) is 0 Å². The Hall–Kier alpha value is -1.71. The number of sulfonamides is 1. The van der Waals surface area contributed by atoms with Crippen LogP contribution in [0.1, 0.15) is 38.5 Å². The second-order valence-corrected chi connectivity index (χ2v) is 8.77. The summed E-state index contributed by atoms with van der Waals surface area (Å²) in [6, 6.07) is 3.91. The average Bonchev–Trinajstić information content (AvgIpc) is 2.58. The lowest BCUT2D eigenvalue weighted by molar-refractivity contribution is -0.384. The Bertz CT molecular complexity index is 755. The third kappa shape index (κ3) is 3.78. The van der Waals surface area contributed by atoms with E-state index < -0.39 is 20.5 Å². The van der Waals surface area contributed by atoms with Crippen LogP contribution in [-0.4, -0.2) is 48.0 Å². The maximum absolute atomic E-state index is 12.7. The summed E-state index contributed by atoms with van der Waals surface area (Å²) in [4.78, 5) is 10.7. The van der Waals surface area contributed by atoms with Crippen LogP contribution in [0.4, 0.5) is 11.4 Å². The molecule has 0 unspecified atom stereocenters. The van der Waals surface area contributed by atoms with Crippen LogP contribution in [-0.2, 0) is 10.0 Å². The van der Waals surface area contributed by atoms with Gasteiger partial charge in [0.1, 0.15) is 5.69 Å². The minimum Gasteiger partial charge on any atom is -0.388 e. The van der Waals surface area contributed by atoms with Crippen molar-refractivity contribution in [3.8, 4) is 0 Å². The van der Waals surface area contributed by atoms with Crippen LogP contribution < -0.4 is 5.32 Å².